The minimum atomic E-state index is -1.29. The zero-order valence-corrected chi connectivity index (χ0v) is 13.1. The number of benzene rings is 2. The smallest absolute Gasteiger partial charge is 0.269 e. The molecule has 1 unspecified atom stereocenters. The number of anilines is 1. The Kier molecular flexibility index (Phi) is 4.22. The van der Waals surface area contributed by atoms with Gasteiger partial charge in [0, 0.05) is 17.8 Å². The highest BCUT2D eigenvalue weighted by atomic mass is 32.2. The molecule has 1 aliphatic heterocycles. The second kappa shape index (κ2) is 6.32. The van der Waals surface area contributed by atoms with E-state index in [2.05, 4.69) is 0 Å². The Labute approximate surface area is 141 Å². The first-order valence-electron chi connectivity index (χ1n) is 6.97. The van der Waals surface area contributed by atoms with Gasteiger partial charge in [-0.05, 0) is 23.3 Å². The summed E-state index contributed by atoms with van der Waals surface area (Å²) in [5.41, 5.74) is 1.15. The third-order valence-corrected chi connectivity index (χ3v) is 4.83. The minimum absolute atomic E-state index is 0.0185. The van der Waals surface area contributed by atoms with E-state index >= 15 is 0 Å². The van der Waals surface area contributed by atoms with Gasteiger partial charge in [0.1, 0.15) is 5.37 Å². The van der Waals surface area contributed by atoms with Crippen LogP contribution < -0.4 is 10.0 Å². The second-order valence-electron chi connectivity index (χ2n) is 5.11. The van der Waals surface area contributed by atoms with Gasteiger partial charge in [-0.2, -0.15) is 0 Å². The number of hydrogen-bond donors (Lipinski definition) is 0. The van der Waals surface area contributed by atoms with Crippen LogP contribution in [0.3, 0.4) is 0 Å². The van der Waals surface area contributed by atoms with Crippen molar-refractivity contribution in [3.8, 4) is 0 Å². The maximum Gasteiger partial charge on any atom is 0.269 e. The van der Waals surface area contributed by atoms with Gasteiger partial charge < -0.3 is 9.90 Å². The van der Waals surface area contributed by atoms with E-state index < -0.39 is 16.3 Å². The number of nitro groups is 1. The highest BCUT2D eigenvalue weighted by molar-refractivity contribution is 8.00. The van der Waals surface area contributed by atoms with E-state index in [9.17, 15) is 24.8 Å². The Balaban J connectivity index is 1.96. The molecule has 3 rings (SSSR count). The SMILES string of the molecule is O=C([O-])c1ccc(N2C(=O)CSC2c2cccc([N+](=O)[O-])c2)cc1. The lowest BCUT2D eigenvalue weighted by atomic mass is 10.1. The number of hydrogen-bond acceptors (Lipinski definition) is 6. The van der Waals surface area contributed by atoms with Crippen LogP contribution in [0, 0.1) is 10.1 Å². The Hall–Kier alpha value is -2.87. The van der Waals surface area contributed by atoms with E-state index in [1.807, 2.05) is 0 Å². The quantitative estimate of drug-likeness (QED) is 0.619. The highest BCUT2D eigenvalue weighted by Gasteiger charge is 2.34. The number of nitrogens with zero attached hydrogens (tertiary/aromatic N) is 2. The summed E-state index contributed by atoms with van der Waals surface area (Å²) in [6.45, 7) is 0. The number of nitro benzene ring substituents is 1. The van der Waals surface area contributed by atoms with Crippen LogP contribution in [0.4, 0.5) is 11.4 Å². The fourth-order valence-corrected chi connectivity index (χ4v) is 3.67. The predicted molar refractivity (Wildman–Crippen MR) is 86.6 cm³/mol. The number of carboxylic acids is 1. The molecule has 1 atom stereocenters. The summed E-state index contributed by atoms with van der Waals surface area (Å²) in [5, 5.41) is 21.4. The van der Waals surface area contributed by atoms with Crippen molar-refractivity contribution in [1.82, 2.24) is 0 Å². The molecule has 1 saturated heterocycles. The van der Waals surface area contributed by atoms with Crippen molar-refractivity contribution in [2.24, 2.45) is 0 Å². The molecule has 7 nitrogen and oxygen atoms in total. The Morgan fingerprint density at radius 2 is 1.92 bits per heavy atom. The average molecular weight is 343 g/mol. The maximum absolute atomic E-state index is 12.2. The number of carboxylic acid groups (broad SMARTS) is 1. The van der Waals surface area contributed by atoms with Crippen molar-refractivity contribution in [2.45, 2.75) is 5.37 Å². The fourth-order valence-electron chi connectivity index (χ4n) is 2.50. The van der Waals surface area contributed by atoms with Crippen LogP contribution in [0.15, 0.2) is 48.5 Å². The molecule has 0 N–H and O–H groups in total. The van der Waals surface area contributed by atoms with Gasteiger partial charge in [-0.3, -0.25) is 19.8 Å². The lowest BCUT2D eigenvalue weighted by Crippen LogP contribution is -2.28. The summed E-state index contributed by atoms with van der Waals surface area (Å²) in [4.78, 5) is 35.0. The van der Waals surface area contributed by atoms with Gasteiger partial charge in [-0.25, -0.2) is 0 Å². The van der Waals surface area contributed by atoms with Crippen LogP contribution in [0.25, 0.3) is 0 Å². The van der Waals surface area contributed by atoms with Gasteiger partial charge in [0.05, 0.1) is 16.6 Å². The highest BCUT2D eigenvalue weighted by Crippen LogP contribution is 2.42. The van der Waals surface area contributed by atoms with Crippen LogP contribution in [0.2, 0.25) is 0 Å². The lowest BCUT2D eigenvalue weighted by Gasteiger charge is -2.24. The summed E-state index contributed by atoms with van der Waals surface area (Å²) in [6, 6.07) is 11.9. The Morgan fingerprint density at radius 1 is 1.21 bits per heavy atom. The molecule has 1 aliphatic rings. The summed E-state index contributed by atoms with van der Waals surface area (Å²) in [7, 11) is 0. The molecule has 0 aliphatic carbocycles. The van der Waals surface area contributed by atoms with E-state index in [4.69, 9.17) is 0 Å². The van der Waals surface area contributed by atoms with E-state index in [0.717, 1.165) is 0 Å². The van der Waals surface area contributed by atoms with Crippen molar-refractivity contribution < 1.29 is 19.6 Å². The largest absolute Gasteiger partial charge is 0.545 e. The number of non-ortho nitro benzene ring substituents is 1. The van der Waals surface area contributed by atoms with Gasteiger partial charge in [0.25, 0.3) is 5.69 Å². The number of carbonyl (C=O) groups excluding carboxylic acids is 2. The predicted octanol–water partition coefficient (Wildman–Crippen LogP) is 1.74. The Morgan fingerprint density at radius 3 is 2.54 bits per heavy atom. The monoisotopic (exact) mass is 343 g/mol. The molecule has 8 heteroatoms. The first-order valence-corrected chi connectivity index (χ1v) is 8.01. The van der Waals surface area contributed by atoms with E-state index in [-0.39, 0.29) is 22.9 Å². The van der Waals surface area contributed by atoms with Crippen molar-refractivity contribution in [3.63, 3.8) is 0 Å². The fraction of sp³-hybridized carbons (Fsp3) is 0.125. The van der Waals surface area contributed by atoms with Crippen molar-refractivity contribution >= 4 is 35.0 Å². The second-order valence-corrected chi connectivity index (χ2v) is 6.18. The third-order valence-electron chi connectivity index (χ3n) is 3.62. The summed E-state index contributed by atoms with van der Waals surface area (Å²) in [6.07, 6.45) is 0. The van der Waals surface area contributed by atoms with Gasteiger partial charge in [-0.15, -0.1) is 11.8 Å². The molecule has 24 heavy (non-hydrogen) atoms. The molecular formula is C16H11N2O5S-. The molecule has 1 fully saturated rings. The van der Waals surface area contributed by atoms with Crippen molar-refractivity contribution in [1.29, 1.82) is 0 Å². The maximum atomic E-state index is 12.2. The van der Waals surface area contributed by atoms with Gasteiger partial charge in [0.2, 0.25) is 5.91 Å². The number of thioether (sulfide) groups is 1. The standard InChI is InChI=1S/C16H12N2O5S/c19-14-9-24-15(11-2-1-3-13(8-11)18(22)23)17(14)12-6-4-10(5-7-12)16(20)21/h1-8,15H,9H2,(H,20,21)/p-1. The zero-order valence-electron chi connectivity index (χ0n) is 12.2. The van der Waals surface area contributed by atoms with Gasteiger partial charge in [0.15, 0.2) is 0 Å². The van der Waals surface area contributed by atoms with E-state index in [0.29, 0.717) is 11.3 Å². The average Bonchev–Trinajstić information content (AvgIpc) is 2.96. The molecule has 1 amide bonds. The molecule has 0 bridgehead atoms. The minimum Gasteiger partial charge on any atom is -0.545 e. The molecule has 0 radical (unpaired) electrons. The van der Waals surface area contributed by atoms with Gasteiger partial charge in [-0.1, -0.05) is 24.3 Å². The molecule has 0 saturated carbocycles. The molecule has 2 aromatic carbocycles. The summed E-state index contributed by atoms with van der Waals surface area (Å²) in [5.74, 6) is -1.19. The number of amides is 1. The Bertz CT molecular complexity index is 821. The summed E-state index contributed by atoms with van der Waals surface area (Å²) >= 11 is 1.36. The molecular weight excluding hydrogens is 332 g/mol. The topological polar surface area (TPSA) is 104 Å². The van der Waals surface area contributed by atoms with Crippen LogP contribution >= 0.6 is 11.8 Å². The van der Waals surface area contributed by atoms with Crippen LogP contribution in [-0.2, 0) is 4.79 Å². The molecule has 122 valence electrons. The normalized spacial score (nSPS) is 17.1. The van der Waals surface area contributed by atoms with Crippen LogP contribution in [-0.4, -0.2) is 22.6 Å². The summed E-state index contributed by atoms with van der Waals surface area (Å²) < 4.78 is 0. The first-order chi connectivity index (χ1) is 11.5. The van der Waals surface area contributed by atoms with E-state index in [1.165, 1.54) is 53.1 Å². The number of rotatable bonds is 4. The zero-order chi connectivity index (χ0) is 17.3. The molecule has 1 heterocycles. The molecule has 0 spiro atoms. The third kappa shape index (κ3) is 2.95. The van der Waals surface area contributed by atoms with E-state index in [1.54, 1.807) is 12.1 Å². The van der Waals surface area contributed by atoms with Crippen LogP contribution in [0.1, 0.15) is 21.3 Å². The first kappa shape index (κ1) is 16.0. The van der Waals surface area contributed by atoms with Crippen LogP contribution in [0.5, 0.6) is 0 Å². The number of carbonyl (C=O) groups is 2. The molecule has 0 aromatic heterocycles. The number of aromatic carboxylic acids is 1. The van der Waals surface area contributed by atoms with Crippen molar-refractivity contribution in [3.05, 3.63) is 69.8 Å². The van der Waals surface area contributed by atoms with Crippen molar-refractivity contribution in [2.75, 3.05) is 10.7 Å². The lowest BCUT2D eigenvalue weighted by molar-refractivity contribution is -0.384. The molecule has 2 aromatic rings. The van der Waals surface area contributed by atoms with Gasteiger partial charge >= 0.3 is 0 Å².